The van der Waals surface area contributed by atoms with Gasteiger partial charge in [-0.3, -0.25) is 4.79 Å². The maximum atomic E-state index is 11.0. The summed E-state index contributed by atoms with van der Waals surface area (Å²) in [6.45, 7) is 1.81. The Morgan fingerprint density at radius 3 is 2.46 bits per heavy atom. The summed E-state index contributed by atoms with van der Waals surface area (Å²) >= 11 is 0. The van der Waals surface area contributed by atoms with Crippen molar-refractivity contribution in [2.45, 2.75) is 19.4 Å². The Bertz CT molecular complexity index is 313. The van der Waals surface area contributed by atoms with Gasteiger partial charge in [-0.2, -0.15) is 0 Å². The van der Waals surface area contributed by atoms with Crippen LogP contribution in [0.15, 0.2) is 0 Å². The van der Waals surface area contributed by atoms with Gasteiger partial charge in [0.2, 0.25) is 5.91 Å². The third kappa shape index (κ3) is 6.17. The molecule has 1 amide bonds. The highest BCUT2D eigenvalue weighted by atomic mass is 32.2. The standard InChI is InChI=1S/C8H13NO3S/c1-4-7(5-2)9-8(10)6-13(3,11)12/h1,7H,5-6H2,2-3H3,(H,9,10). The molecule has 5 heteroatoms. The zero-order chi connectivity index (χ0) is 10.5. The highest BCUT2D eigenvalue weighted by molar-refractivity contribution is 7.91. The molecule has 0 bridgehead atoms. The van der Waals surface area contributed by atoms with E-state index in [4.69, 9.17) is 6.42 Å². The maximum Gasteiger partial charge on any atom is 0.236 e. The van der Waals surface area contributed by atoms with E-state index in [1.54, 1.807) is 0 Å². The van der Waals surface area contributed by atoms with Gasteiger partial charge in [-0.05, 0) is 6.42 Å². The molecule has 13 heavy (non-hydrogen) atoms. The molecule has 0 aromatic heterocycles. The van der Waals surface area contributed by atoms with Crippen LogP contribution in [0.5, 0.6) is 0 Å². The number of carbonyl (C=O) groups excluding carboxylic acids is 1. The van der Waals surface area contributed by atoms with E-state index in [1.807, 2.05) is 6.92 Å². The summed E-state index contributed by atoms with van der Waals surface area (Å²) in [5, 5.41) is 2.42. The fourth-order valence-corrected chi connectivity index (χ4v) is 1.30. The van der Waals surface area contributed by atoms with Crippen LogP contribution in [0.25, 0.3) is 0 Å². The normalized spacial score (nSPS) is 13.0. The molecule has 0 aliphatic heterocycles. The average molecular weight is 203 g/mol. The van der Waals surface area contributed by atoms with Crippen molar-refractivity contribution in [3.63, 3.8) is 0 Å². The third-order valence-electron chi connectivity index (χ3n) is 1.34. The lowest BCUT2D eigenvalue weighted by Crippen LogP contribution is -2.37. The van der Waals surface area contributed by atoms with Crippen molar-refractivity contribution in [3.8, 4) is 12.3 Å². The van der Waals surface area contributed by atoms with E-state index < -0.39 is 21.5 Å². The second-order valence-corrected chi connectivity index (χ2v) is 4.91. The van der Waals surface area contributed by atoms with Gasteiger partial charge in [0.25, 0.3) is 0 Å². The fraction of sp³-hybridized carbons (Fsp3) is 0.625. The second kappa shape index (κ2) is 4.87. The molecule has 0 rings (SSSR count). The van der Waals surface area contributed by atoms with Gasteiger partial charge in [0.15, 0.2) is 9.84 Å². The average Bonchev–Trinajstić information content (AvgIpc) is 1.96. The van der Waals surface area contributed by atoms with Crippen molar-refractivity contribution in [1.82, 2.24) is 5.32 Å². The topological polar surface area (TPSA) is 63.2 Å². The molecule has 0 aromatic rings. The van der Waals surface area contributed by atoms with E-state index >= 15 is 0 Å². The zero-order valence-corrected chi connectivity index (χ0v) is 8.52. The van der Waals surface area contributed by atoms with E-state index in [2.05, 4.69) is 11.2 Å². The van der Waals surface area contributed by atoms with Crippen LogP contribution in [0.2, 0.25) is 0 Å². The monoisotopic (exact) mass is 203 g/mol. The molecule has 1 N–H and O–H groups in total. The number of hydrogen-bond acceptors (Lipinski definition) is 3. The molecule has 0 heterocycles. The van der Waals surface area contributed by atoms with E-state index in [-0.39, 0.29) is 6.04 Å². The van der Waals surface area contributed by atoms with Crippen molar-refractivity contribution < 1.29 is 13.2 Å². The lowest BCUT2D eigenvalue weighted by Gasteiger charge is -2.09. The van der Waals surface area contributed by atoms with Crippen LogP contribution in [0.1, 0.15) is 13.3 Å². The molecular weight excluding hydrogens is 190 g/mol. The lowest BCUT2D eigenvalue weighted by atomic mass is 10.2. The Kier molecular flexibility index (Phi) is 4.49. The molecule has 0 saturated carbocycles. The minimum Gasteiger partial charge on any atom is -0.342 e. The van der Waals surface area contributed by atoms with Crippen molar-refractivity contribution in [2.24, 2.45) is 0 Å². The minimum atomic E-state index is -3.27. The summed E-state index contributed by atoms with van der Waals surface area (Å²) < 4.78 is 21.4. The van der Waals surface area contributed by atoms with Crippen molar-refractivity contribution >= 4 is 15.7 Å². The molecule has 0 aliphatic rings. The largest absolute Gasteiger partial charge is 0.342 e. The van der Waals surface area contributed by atoms with Gasteiger partial charge in [-0.15, -0.1) is 6.42 Å². The Morgan fingerprint density at radius 2 is 2.15 bits per heavy atom. The van der Waals surface area contributed by atoms with Gasteiger partial charge < -0.3 is 5.32 Å². The van der Waals surface area contributed by atoms with Crippen molar-refractivity contribution in [1.29, 1.82) is 0 Å². The Labute approximate surface area is 78.6 Å². The number of terminal acetylenes is 1. The quantitative estimate of drug-likeness (QED) is 0.630. The van der Waals surface area contributed by atoms with Gasteiger partial charge in [0.05, 0.1) is 6.04 Å². The van der Waals surface area contributed by atoms with Crippen LogP contribution >= 0.6 is 0 Å². The minimum absolute atomic E-state index is 0.380. The molecule has 1 atom stereocenters. The predicted molar refractivity (Wildman–Crippen MR) is 50.8 cm³/mol. The molecule has 0 aromatic carbocycles. The van der Waals surface area contributed by atoms with Gasteiger partial charge in [0.1, 0.15) is 5.75 Å². The van der Waals surface area contributed by atoms with Crippen LogP contribution in [0.3, 0.4) is 0 Å². The molecule has 74 valence electrons. The Hall–Kier alpha value is -1.02. The first-order chi connectivity index (χ1) is 5.89. The molecule has 4 nitrogen and oxygen atoms in total. The summed E-state index contributed by atoms with van der Waals surface area (Å²) in [4.78, 5) is 11.0. The summed E-state index contributed by atoms with van der Waals surface area (Å²) in [5.41, 5.74) is 0. The summed E-state index contributed by atoms with van der Waals surface area (Å²) in [6, 6.07) is -0.380. The maximum absolute atomic E-state index is 11.0. The van der Waals surface area contributed by atoms with Crippen molar-refractivity contribution in [3.05, 3.63) is 0 Å². The number of carbonyl (C=O) groups is 1. The van der Waals surface area contributed by atoms with Gasteiger partial charge in [-0.25, -0.2) is 8.42 Å². The lowest BCUT2D eigenvalue weighted by molar-refractivity contribution is -0.119. The van der Waals surface area contributed by atoms with Gasteiger partial charge in [-0.1, -0.05) is 12.8 Å². The third-order valence-corrected chi connectivity index (χ3v) is 2.12. The first-order valence-electron chi connectivity index (χ1n) is 3.82. The molecular formula is C8H13NO3S. The number of hydrogen-bond donors (Lipinski definition) is 1. The molecule has 0 radical (unpaired) electrons. The Balaban J connectivity index is 4.11. The van der Waals surface area contributed by atoms with Crippen LogP contribution in [0.4, 0.5) is 0 Å². The van der Waals surface area contributed by atoms with E-state index in [1.165, 1.54) is 0 Å². The Morgan fingerprint density at radius 1 is 1.62 bits per heavy atom. The van der Waals surface area contributed by atoms with Crippen molar-refractivity contribution in [2.75, 3.05) is 12.0 Å². The van der Waals surface area contributed by atoms with E-state index in [9.17, 15) is 13.2 Å². The second-order valence-electron chi connectivity index (χ2n) is 2.77. The molecule has 0 aliphatic carbocycles. The summed E-state index contributed by atoms with van der Waals surface area (Å²) in [7, 11) is -3.27. The van der Waals surface area contributed by atoms with Crippen LogP contribution in [-0.4, -0.2) is 32.4 Å². The molecule has 0 fully saturated rings. The van der Waals surface area contributed by atoms with Gasteiger partial charge in [0, 0.05) is 6.26 Å². The molecule has 1 unspecified atom stereocenters. The summed E-state index contributed by atoms with van der Waals surface area (Å²) in [6.07, 6.45) is 6.67. The highest BCUT2D eigenvalue weighted by Crippen LogP contribution is 1.89. The number of amides is 1. The molecule has 0 saturated heterocycles. The fourth-order valence-electron chi connectivity index (χ4n) is 0.736. The molecule has 0 spiro atoms. The highest BCUT2D eigenvalue weighted by Gasteiger charge is 2.12. The smallest absolute Gasteiger partial charge is 0.236 e. The SMILES string of the molecule is C#CC(CC)NC(=O)CS(C)(=O)=O. The van der Waals surface area contributed by atoms with Gasteiger partial charge >= 0.3 is 0 Å². The first kappa shape index (κ1) is 12.0. The zero-order valence-electron chi connectivity index (χ0n) is 7.70. The number of sulfone groups is 1. The number of rotatable bonds is 4. The van der Waals surface area contributed by atoms with Crippen LogP contribution < -0.4 is 5.32 Å². The summed E-state index contributed by atoms with van der Waals surface area (Å²) in [5.74, 6) is 1.28. The van der Waals surface area contributed by atoms with Crippen LogP contribution in [0, 0.1) is 12.3 Å². The number of nitrogens with one attached hydrogen (secondary N) is 1. The van der Waals surface area contributed by atoms with E-state index in [0.29, 0.717) is 6.42 Å². The predicted octanol–water partition coefficient (Wildman–Crippen LogP) is -0.441. The van der Waals surface area contributed by atoms with E-state index in [0.717, 1.165) is 6.26 Å². The first-order valence-corrected chi connectivity index (χ1v) is 5.88. The van der Waals surface area contributed by atoms with Crippen LogP contribution in [-0.2, 0) is 14.6 Å².